The minimum absolute atomic E-state index is 0.172. The molecule has 0 rings (SSSR count). The Morgan fingerprint density at radius 1 is 1.38 bits per heavy atom. The molecule has 0 atom stereocenters. The molecule has 0 bridgehead atoms. The van der Waals surface area contributed by atoms with Gasteiger partial charge in [0.1, 0.15) is 5.41 Å². The molecule has 3 heteroatoms. The Hall–Kier alpha value is -1.48. The van der Waals surface area contributed by atoms with Crippen molar-refractivity contribution < 1.29 is 4.79 Å². The first-order valence-corrected chi connectivity index (χ1v) is 5.79. The summed E-state index contributed by atoms with van der Waals surface area (Å²) >= 11 is 0. The van der Waals surface area contributed by atoms with Crippen LogP contribution in [0.1, 0.15) is 46.0 Å². The van der Waals surface area contributed by atoms with Crippen LogP contribution in [0.5, 0.6) is 0 Å². The topological polar surface area (TPSA) is 52.9 Å². The molecule has 0 aromatic carbocycles. The smallest absolute Gasteiger partial charge is 0.240 e. The van der Waals surface area contributed by atoms with Crippen LogP contribution in [-0.2, 0) is 4.79 Å². The highest BCUT2D eigenvalue weighted by Crippen LogP contribution is 2.29. The molecule has 0 heterocycles. The maximum Gasteiger partial charge on any atom is 0.240 e. The number of nitrogens with one attached hydrogen (secondary N) is 1. The van der Waals surface area contributed by atoms with Crippen LogP contribution in [0.25, 0.3) is 0 Å². The summed E-state index contributed by atoms with van der Waals surface area (Å²) in [4.78, 5) is 11.9. The largest absolute Gasteiger partial charge is 0.354 e. The second-order valence-electron chi connectivity index (χ2n) is 3.90. The van der Waals surface area contributed by atoms with Crippen LogP contribution in [0.3, 0.4) is 0 Å². The fraction of sp³-hybridized carbons (Fsp3) is 0.692. The van der Waals surface area contributed by atoms with Gasteiger partial charge in [-0.05, 0) is 12.8 Å². The third-order valence-corrected chi connectivity index (χ3v) is 2.56. The molecule has 88 valence electrons. The SMILES string of the molecule is C#CCCNC(=O)C(C#N)(CCC)CCC. The zero-order valence-corrected chi connectivity index (χ0v) is 10.2. The third-order valence-electron chi connectivity index (χ3n) is 2.56. The predicted octanol–water partition coefficient (Wildman–Crippen LogP) is 2.24. The van der Waals surface area contributed by atoms with Crippen molar-refractivity contribution in [3.63, 3.8) is 0 Å². The molecule has 16 heavy (non-hydrogen) atoms. The highest BCUT2D eigenvalue weighted by Gasteiger charge is 2.36. The van der Waals surface area contributed by atoms with E-state index in [1.165, 1.54) is 0 Å². The van der Waals surface area contributed by atoms with E-state index in [9.17, 15) is 10.1 Å². The first-order chi connectivity index (χ1) is 7.66. The summed E-state index contributed by atoms with van der Waals surface area (Å²) in [5.74, 6) is 2.29. The van der Waals surface area contributed by atoms with Crippen molar-refractivity contribution in [3.05, 3.63) is 0 Å². The van der Waals surface area contributed by atoms with Crippen LogP contribution in [0.2, 0.25) is 0 Å². The van der Waals surface area contributed by atoms with Crippen LogP contribution < -0.4 is 5.32 Å². The second-order valence-corrected chi connectivity index (χ2v) is 3.90. The van der Waals surface area contributed by atoms with Crippen LogP contribution in [0.15, 0.2) is 0 Å². The summed E-state index contributed by atoms with van der Waals surface area (Å²) in [6.07, 6.45) is 8.49. The monoisotopic (exact) mass is 220 g/mol. The van der Waals surface area contributed by atoms with E-state index in [-0.39, 0.29) is 5.91 Å². The van der Waals surface area contributed by atoms with Gasteiger partial charge in [0.2, 0.25) is 5.91 Å². The van der Waals surface area contributed by atoms with E-state index in [4.69, 9.17) is 6.42 Å². The summed E-state index contributed by atoms with van der Waals surface area (Å²) in [7, 11) is 0. The number of rotatable bonds is 7. The van der Waals surface area contributed by atoms with Gasteiger partial charge in [0.15, 0.2) is 0 Å². The van der Waals surface area contributed by atoms with Crippen molar-refractivity contribution in [3.8, 4) is 18.4 Å². The number of hydrogen-bond donors (Lipinski definition) is 1. The number of nitriles is 1. The minimum atomic E-state index is -0.863. The highest BCUT2D eigenvalue weighted by molar-refractivity contribution is 5.85. The summed E-state index contributed by atoms with van der Waals surface area (Å²) in [5.41, 5.74) is -0.863. The quantitative estimate of drug-likeness (QED) is 0.528. The maximum absolute atomic E-state index is 11.9. The molecule has 0 saturated heterocycles. The second kappa shape index (κ2) is 7.77. The van der Waals surface area contributed by atoms with E-state index in [1.807, 2.05) is 13.8 Å². The van der Waals surface area contributed by atoms with Crippen molar-refractivity contribution in [1.29, 1.82) is 5.26 Å². The molecule has 0 saturated carbocycles. The lowest BCUT2D eigenvalue weighted by molar-refractivity contribution is -0.128. The van der Waals surface area contributed by atoms with E-state index in [2.05, 4.69) is 17.3 Å². The Balaban J connectivity index is 4.56. The van der Waals surface area contributed by atoms with Crippen molar-refractivity contribution in [2.45, 2.75) is 46.0 Å². The van der Waals surface area contributed by atoms with Gasteiger partial charge in [0, 0.05) is 13.0 Å². The molecule has 0 aliphatic heterocycles. The molecule has 1 N–H and O–H groups in total. The molecular weight excluding hydrogens is 200 g/mol. The van der Waals surface area contributed by atoms with Gasteiger partial charge in [0.25, 0.3) is 0 Å². The molecular formula is C13H20N2O. The van der Waals surface area contributed by atoms with Gasteiger partial charge in [-0.3, -0.25) is 4.79 Å². The van der Waals surface area contributed by atoms with Crippen molar-refractivity contribution >= 4 is 5.91 Å². The predicted molar refractivity (Wildman–Crippen MR) is 64.3 cm³/mol. The van der Waals surface area contributed by atoms with Gasteiger partial charge in [0.05, 0.1) is 6.07 Å². The molecule has 0 fully saturated rings. The Kier molecular flexibility index (Phi) is 7.05. The Bertz CT molecular complexity index is 290. The van der Waals surface area contributed by atoms with Gasteiger partial charge in [-0.1, -0.05) is 26.7 Å². The Morgan fingerprint density at radius 3 is 2.31 bits per heavy atom. The molecule has 0 aromatic rings. The number of hydrogen-bond acceptors (Lipinski definition) is 2. The molecule has 0 aromatic heterocycles. The van der Waals surface area contributed by atoms with Crippen molar-refractivity contribution in [2.24, 2.45) is 5.41 Å². The molecule has 3 nitrogen and oxygen atoms in total. The van der Waals surface area contributed by atoms with E-state index in [1.54, 1.807) is 0 Å². The van der Waals surface area contributed by atoms with Gasteiger partial charge in [-0.15, -0.1) is 12.3 Å². The standard InChI is InChI=1S/C13H20N2O/c1-4-7-10-15-12(16)13(11-14,8-5-2)9-6-3/h1H,5-10H2,2-3H3,(H,15,16). The minimum Gasteiger partial charge on any atom is -0.354 e. The average Bonchev–Trinajstić information content (AvgIpc) is 2.28. The lowest BCUT2D eigenvalue weighted by Gasteiger charge is -2.24. The van der Waals surface area contributed by atoms with Crippen LogP contribution in [0, 0.1) is 29.1 Å². The van der Waals surface area contributed by atoms with Gasteiger partial charge >= 0.3 is 0 Å². The summed E-state index contributed by atoms with van der Waals surface area (Å²) in [6, 6.07) is 2.18. The normalized spacial score (nSPS) is 10.2. The van der Waals surface area contributed by atoms with Gasteiger partial charge in [-0.25, -0.2) is 0 Å². The third kappa shape index (κ3) is 3.95. The number of terminal acetylenes is 1. The maximum atomic E-state index is 11.9. The number of nitrogens with zero attached hydrogens (tertiary/aromatic N) is 1. The molecule has 0 unspecified atom stereocenters. The molecule has 0 spiro atoms. The lowest BCUT2D eigenvalue weighted by Crippen LogP contribution is -2.40. The number of amides is 1. The fourth-order valence-corrected chi connectivity index (χ4v) is 1.79. The van der Waals surface area contributed by atoms with Crippen molar-refractivity contribution in [1.82, 2.24) is 5.32 Å². The first kappa shape index (κ1) is 14.5. The lowest BCUT2D eigenvalue weighted by atomic mass is 9.80. The zero-order chi connectivity index (χ0) is 12.4. The number of carbonyl (C=O) groups excluding carboxylic acids is 1. The molecule has 0 aliphatic rings. The molecule has 0 aliphatic carbocycles. The Morgan fingerprint density at radius 2 is 1.94 bits per heavy atom. The van der Waals surface area contributed by atoms with Crippen LogP contribution in [-0.4, -0.2) is 12.5 Å². The first-order valence-electron chi connectivity index (χ1n) is 5.79. The average molecular weight is 220 g/mol. The van der Waals surface area contributed by atoms with Gasteiger partial charge in [-0.2, -0.15) is 5.26 Å². The zero-order valence-electron chi connectivity index (χ0n) is 10.2. The van der Waals surface area contributed by atoms with Crippen LogP contribution in [0.4, 0.5) is 0 Å². The summed E-state index contributed by atoms with van der Waals surface area (Å²) in [5, 5.41) is 12.0. The van der Waals surface area contributed by atoms with E-state index in [0.29, 0.717) is 25.8 Å². The fourth-order valence-electron chi connectivity index (χ4n) is 1.79. The summed E-state index contributed by atoms with van der Waals surface area (Å²) < 4.78 is 0. The van der Waals surface area contributed by atoms with Crippen LogP contribution >= 0.6 is 0 Å². The Labute approximate surface area is 98.2 Å². The van der Waals surface area contributed by atoms with E-state index < -0.39 is 5.41 Å². The van der Waals surface area contributed by atoms with E-state index in [0.717, 1.165) is 12.8 Å². The highest BCUT2D eigenvalue weighted by atomic mass is 16.2. The van der Waals surface area contributed by atoms with Gasteiger partial charge < -0.3 is 5.32 Å². The van der Waals surface area contributed by atoms with E-state index >= 15 is 0 Å². The summed E-state index contributed by atoms with van der Waals surface area (Å²) in [6.45, 7) is 4.42. The molecule has 1 amide bonds. The molecule has 0 radical (unpaired) electrons. The van der Waals surface area contributed by atoms with Crippen molar-refractivity contribution in [2.75, 3.05) is 6.54 Å². The number of carbonyl (C=O) groups is 1.